The number of rotatable bonds is 5. The predicted molar refractivity (Wildman–Crippen MR) is 98.2 cm³/mol. The Balaban J connectivity index is 1.80. The minimum absolute atomic E-state index is 0.0400. The van der Waals surface area contributed by atoms with E-state index in [9.17, 15) is 18.0 Å². The van der Waals surface area contributed by atoms with Crippen LogP contribution < -0.4 is 4.74 Å². The monoisotopic (exact) mass is 387 g/mol. The van der Waals surface area contributed by atoms with Crippen molar-refractivity contribution in [2.24, 2.45) is 0 Å². The third-order valence-corrected chi connectivity index (χ3v) is 3.92. The van der Waals surface area contributed by atoms with E-state index in [1.807, 2.05) is 0 Å². The number of likely N-dealkylation sites (N-methyl/N-ethyl adjacent to an activating group) is 1. The Labute approximate surface area is 159 Å². The van der Waals surface area contributed by atoms with E-state index in [0.29, 0.717) is 28.9 Å². The Morgan fingerprint density at radius 1 is 1.21 bits per heavy atom. The number of pyridine rings is 2. The van der Waals surface area contributed by atoms with Gasteiger partial charge in [0.2, 0.25) is 5.88 Å². The van der Waals surface area contributed by atoms with Crippen LogP contribution >= 0.6 is 0 Å². The van der Waals surface area contributed by atoms with E-state index < -0.39 is 11.7 Å². The summed E-state index contributed by atoms with van der Waals surface area (Å²) < 4.78 is 43.3. The summed E-state index contributed by atoms with van der Waals surface area (Å²) >= 11 is 0. The first kappa shape index (κ1) is 19.3. The minimum Gasteiger partial charge on any atom is -0.439 e. The zero-order valence-electron chi connectivity index (χ0n) is 14.9. The molecule has 28 heavy (non-hydrogen) atoms. The molecule has 0 atom stereocenters. The first-order valence-corrected chi connectivity index (χ1v) is 8.26. The lowest BCUT2D eigenvalue weighted by Gasteiger charge is -2.14. The summed E-state index contributed by atoms with van der Waals surface area (Å²) in [6, 6.07) is 10.3. The van der Waals surface area contributed by atoms with Crippen molar-refractivity contribution in [3.05, 3.63) is 72.6 Å². The Kier molecular flexibility index (Phi) is 5.30. The fraction of sp³-hybridized carbons (Fsp3) is 0.150. The van der Waals surface area contributed by atoms with Crippen LogP contribution in [0.2, 0.25) is 0 Å². The Morgan fingerprint density at radius 2 is 2.00 bits per heavy atom. The van der Waals surface area contributed by atoms with Gasteiger partial charge in [-0.3, -0.25) is 4.79 Å². The lowest BCUT2D eigenvalue weighted by molar-refractivity contribution is -0.137. The highest BCUT2D eigenvalue weighted by Gasteiger charge is 2.30. The summed E-state index contributed by atoms with van der Waals surface area (Å²) in [4.78, 5) is 21.8. The fourth-order valence-electron chi connectivity index (χ4n) is 2.49. The summed E-state index contributed by atoms with van der Waals surface area (Å²) in [7, 11) is 1.66. The average molecular weight is 387 g/mol. The van der Waals surface area contributed by atoms with Crippen LogP contribution in [-0.2, 0) is 6.18 Å². The van der Waals surface area contributed by atoms with Crippen LogP contribution in [0.25, 0.3) is 10.9 Å². The number of aromatic nitrogens is 2. The van der Waals surface area contributed by atoms with Gasteiger partial charge in [0.1, 0.15) is 11.4 Å². The molecule has 0 saturated heterocycles. The van der Waals surface area contributed by atoms with Gasteiger partial charge in [0.25, 0.3) is 5.91 Å². The molecule has 0 fully saturated rings. The smallest absolute Gasteiger partial charge is 0.417 e. The third-order valence-electron chi connectivity index (χ3n) is 3.92. The van der Waals surface area contributed by atoms with E-state index in [4.69, 9.17) is 4.74 Å². The third kappa shape index (κ3) is 4.28. The number of carbonyl (C=O) groups is 1. The summed E-state index contributed by atoms with van der Waals surface area (Å²) in [5.41, 5.74) is 0.0432. The minimum atomic E-state index is -4.45. The van der Waals surface area contributed by atoms with Gasteiger partial charge in [-0.15, -0.1) is 6.58 Å². The normalized spacial score (nSPS) is 11.3. The highest BCUT2D eigenvalue weighted by Crippen LogP contribution is 2.30. The number of ether oxygens (including phenoxy) is 1. The van der Waals surface area contributed by atoms with E-state index in [-0.39, 0.29) is 11.8 Å². The van der Waals surface area contributed by atoms with Gasteiger partial charge < -0.3 is 9.64 Å². The molecule has 0 saturated carbocycles. The molecule has 2 heterocycles. The Hall–Kier alpha value is -3.42. The molecule has 0 N–H and O–H groups in total. The number of hydrogen-bond donors (Lipinski definition) is 0. The summed E-state index contributed by atoms with van der Waals surface area (Å²) in [5.74, 6) is 0.207. The quantitative estimate of drug-likeness (QED) is 0.596. The number of alkyl halides is 3. The van der Waals surface area contributed by atoms with E-state index in [2.05, 4.69) is 16.5 Å². The van der Waals surface area contributed by atoms with Crippen molar-refractivity contribution in [2.75, 3.05) is 13.6 Å². The van der Waals surface area contributed by atoms with Crippen LogP contribution in [-0.4, -0.2) is 34.4 Å². The standard InChI is InChI=1S/C20H16F3N3O2/c1-3-10-26(2)19(27)17-7-4-13-11-15(6-8-16(13)25-17)28-18-9-5-14(12-24-18)20(21,22)23/h3-9,11-12H,1,10H2,2H3. The van der Waals surface area contributed by atoms with E-state index in [1.54, 1.807) is 43.5 Å². The molecule has 5 nitrogen and oxygen atoms in total. The molecule has 0 bridgehead atoms. The molecule has 0 unspecified atom stereocenters. The number of benzene rings is 1. The number of halogens is 3. The Bertz CT molecular complexity index is 1020. The van der Waals surface area contributed by atoms with E-state index >= 15 is 0 Å². The van der Waals surface area contributed by atoms with Gasteiger partial charge >= 0.3 is 6.18 Å². The van der Waals surface area contributed by atoms with Crippen LogP contribution in [0.1, 0.15) is 16.1 Å². The molecule has 8 heteroatoms. The van der Waals surface area contributed by atoms with Crippen molar-refractivity contribution in [3.8, 4) is 11.6 Å². The van der Waals surface area contributed by atoms with Crippen molar-refractivity contribution < 1.29 is 22.7 Å². The van der Waals surface area contributed by atoms with Crippen molar-refractivity contribution >= 4 is 16.8 Å². The summed E-state index contributed by atoms with van der Waals surface area (Å²) in [6.45, 7) is 4.01. The second kappa shape index (κ2) is 7.67. The maximum atomic E-state index is 12.6. The molecular weight excluding hydrogens is 371 g/mol. The topological polar surface area (TPSA) is 55.3 Å². The molecule has 2 aromatic heterocycles. The molecule has 0 radical (unpaired) electrons. The van der Waals surface area contributed by atoms with Gasteiger partial charge in [0, 0.05) is 31.2 Å². The zero-order chi connectivity index (χ0) is 20.3. The first-order valence-electron chi connectivity index (χ1n) is 8.26. The second-order valence-corrected chi connectivity index (χ2v) is 6.01. The van der Waals surface area contributed by atoms with Crippen LogP contribution in [0, 0.1) is 0 Å². The van der Waals surface area contributed by atoms with Crippen LogP contribution in [0.3, 0.4) is 0 Å². The Morgan fingerprint density at radius 3 is 2.64 bits per heavy atom. The second-order valence-electron chi connectivity index (χ2n) is 6.01. The molecule has 3 rings (SSSR count). The average Bonchev–Trinajstić information content (AvgIpc) is 2.67. The van der Waals surface area contributed by atoms with Gasteiger partial charge in [-0.05, 0) is 30.3 Å². The molecule has 0 aliphatic rings. The van der Waals surface area contributed by atoms with Crippen molar-refractivity contribution in [1.29, 1.82) is 0 Å². The summed E-state index contributed by atoms with van der Waals surface area (Å²) in [5, 5.41) is 0.715. The van der Waals surface area contributed by atoms with Gasteiger partial charge in [0.15, 0.2) is 0 Å². The first-order chi connectivity index (χ1) is 13.3. The largest absolute Gasteiger partial charge is 0.439 e. The van der Waals surface area contributed by atoms with Crippen molar-refractivity contribution in [3.63, 3.8) is 0 Å². The van der Waals surface area contributed by atoms with Crippen LogP contribution in [0.5, 0.6) is 11.6 Å². The van der Waals surface area contributed by atoms with Gasteiger partial charge in [-0.2, -0.15) is 13.2 Å². The SMILES string of the molecule is C=CCN(C)C(=O)c1ccc2cc(Oc3ccc(C(F)(F)F)cn3)ccc2n1. The van der Waals surface area contributed by atoms with Gasteiger partial charge in [-0.25, -0.2) is 9.97 Å². The number of amides is 1. The molecule has 3 aromatic rings. The zero-order valence-corrected chi connectivity index (χ0v) is 14.9. The molecule has 144 valence electrons. The van der Waals surface area contributed by atoms with Crippen LogP contribution in [0.4, 0.5) is 13.2 Å². The summed E-state index contributed by atoms with van der Waals surface area (Å²) in [6.07, 6.45) is -2.11. The highest BCUT2D eigenvalue weighted by atomic mass is 19.4. The number of carbonyl (C=O) groups excluding carboxylic acids is 1. The lowest BCUT2D eigenvalue weighted by Crippen LogP contribution is -2.27. The van der Waals surface area contributed by atoms with E-state index in [1.165, 1.54) is 4.90 Å². The predicted octanol–water partition coefficient (Wildman–Crippen LogP) is 4.70. The molecule has 1 amide bonds. The van der Waals surface area contributed by atoms with E-state index in [0.717, 1.165) is 18.3 Å². The highest BCUT2D eigenvalue weighted by molar-refractivity contribution is 5.95. The fourth-order valence-corrected chi connectivity index (χ4v) is 2.49. The lowest BCUT2D eigenvalue weighted by atomic mass is 10.2. The molecular formula is C20H16F3N3O2. The van der Waals surface area contributed by atoms with Gasteiger partial charge in [-0.1, -0.05) is 12.1 Å². The van der Waals surface area contributed by atoms with Crippen molar-refractivity contribution in [1.82, 2.24) is 14.9 Å². The molecule has 1 aromatic carbocycles. The van der Waals surface area contributed by atoms with Gasteiger partial charge in [0.05, 0.1) is 11.1 Å². The molecule has 0 spiro atoms. The van der Waals surface area contributed by atoms with Crippen LogP contribution in [0.15, 0.2) is 61.3 Å². The maximum absolute atomic E-state index is 12.6. The van der Waals surface area contributed by atoms with Crippen molar-refractivity contribution in [2.45, 2.75) is 6.18 Å². The number of fused-ring (bicyclic) bond motifs is 1. The molecule has 0 aliphatic carbocycles. The number of nitrogens with zero attached hydrogens (tertiary/aromatic N) is 3. The molecule has 0 aliphatic heterocycles. The maximum Gasteiger partial charge on any atom is 0.417 e. The number of hydrogen-bond acceptors (Lipinski definition) is 4.